The zero-order valence-corrected chi connectivity index (χ0v) is 36.7. The summed E-state index contributed by atoms with van der Waals surface area (Å²) in [6.45, 7) is 0. The van der Waals surface area contributed by atoms with Crippen molar-refractivity contribution in [2.75, 3.05) is 0 Å². The van der Waals surface area contributed by atoms with Crippen molar-refractivity contribution in [1.82, 2.24) is 14.5 Å². The van der Waals surface area contributed by atoms with Crippen molar-refractivity contribution >= 4 is 21.9 Å². The fourth-order valence-corrected chi connectivity index (χ4v) is 9.49. The third kappa shape index (κ3) is 7.69. The molecule has 0 bridgehead atoms. The molecule has 314 valence electrons. The van der Waals surface area contributed by atoms with Crippen LogP contribution in [0.25, 0.3) is 117 Å². The van der Waals surface area contributed by atoms with Crippen LogP contribution in [0.2, 0.25) is 0 Å². The molecule has 0 saturated carbocycles. The van der Waals surface area contributed by atoms with E-state index in [0.29, 0.717) is 5.82 Å². The lowest BCUT2D eigenvalue weighted by molar-refractivity contribution is 1.11. The number of nitrogens with zero attached hydrogens (tertiary/aromatic N) is 3. The maximum absolute atomic E-state index is 5.60. The van der Waals surface area contributed by atoms with E-state index in [1.807, 2.05) is 0 Å². The summed E-state index contributed by atoms with van der Waals surface area (Å²) in [7, 11) is 0. The Hall–Kier alpha value is -8.92. The highest BCUT2D eigenvalue weighted by Crippen LogP contribution is 2.41. The van der Waals surface area contributed by atoms with Gasteiger partial charge in [-0.3, -0.25) is 4.57 Å². The Labute approximate surface area is 390 Å². The van der Waals surface area contributed by atoms with E-state index in [1.54, 1.807) is 0 Å². The molecule has 0 saturated heterocycles. The van der Waals surface area contributed by atoms with E-state index >= 15 is 0 Å². The Morgan fingerprint density at radius 2 is 0.597 bits per heavy atom. The average molecular weight is 854 g/mol. The van der Waals surface area contributed by atoms with Gasteiger partial charge in [-0.1, -0.05) is 194 Å². The van der Waals surface area contributed by atoms with E-state index in [1.165, 1.54) is 44.5 Å². The second-order valence-electron chi connectivity index (χ2n) is 17.0. The van der Waals surface area contributed by atoms with E-state index < -0.39 is 0 Å². The van der Waals surface area contributed by atoms with Crippen molar-refractivity contribution in [1.29, 1.82) is 0 Å². The summed E-state index contributed by atoms with van der Waals surface area (Å²) in [5.74, 6) is 0.662. The van der Waals surface area contributed by atoms with E-state index in [4.69, 9.17) is 9.97 Å². The van der Waals surface area contributed by atoms with E-state index in [2.05, 4.69) is 265 Å². The first-order valence-corrected chi connectivity index (χ1v) is 22.8. The standard InChI is InChI=1S/C64H43N3/c1-6-20-44(21-7-1)52-38-53(45-22-8-2-9-23-45)41-56(40-52)48-28-18-30-50(36-48)62-61-59-34-16-17-35-60(59)67(58-32-14-5-15-33-58)64(61)66-63(65-62)51-31-19-29-49(37-51)57-42-54(46-24-10-3-11-25-46)39-55(43-57)47-26-12-4-13-27-47/h1-43H. The molecule has 0 spiro atoms. The van der Waals surface area contributed by atoms with Gasteiger partial charge in [0.15, 0.2) is 5.82 Å². The lowest BCUT2D eigenvalue weighted by atomic mass is 9.92. The molecular formula is C64H43N3. The summed E-state index contributed by atoms with van der Waals surface area (Å²) in [5.41, 5.74) is 19.7. The SMILES string of the molecule is c1ccc(-c2cc(-c3ccccc3)cc(-c3cccc(-c4nc(-c5cccc(-c6cc(-c7ccccc7)cc(-c7ccccc7)c6)c5)c5c6ccccc6n(-c6ccccc6)c5n4)c3)c2)cc1. The van der Waals surface area contributed by atoms with Crippen molar-refractivity contribution in [2.45, 2.75) is 0 Å². The fraction of sp³-hybridized carbons (Fsp3) is 0. The predicted molar refractivity (Wildman–Crippen MR) is 280 cm³/mol. The highest BCUT2D eigenvalue weighted by Gasteiger charge is 2.22. The van der Waals surface area contributed by atoms with E-state index in [-0.39, 0.29) is 0 Å². The van der Waals surface area contributed by atoms with Gasteiger partial charge in [0.2, 0.25) is 0 Å². The van der Waals surface area contributed by atoms with Crippen LogP contribution < -0.4 is 0 Å². The molecule has 2 heterocycles. The third-order valence-electron chi connectivity index (χ3n) is 12.7. The van der Waals surface area contributed by atoms with Crippen molar-refractivity contribution in [3.63, 3.8) is 0 Å². The number of fused-ring (bicyclic) bond motifs is 3. The van der Waals surface area contributed by atoms with Crippen molar-refractivity contribution in [3.8, 4) is 95.1 Å². The van der Waals surface area contributed by atoms with Crippen molar-refractivity contribution in [2.24, 2.45) is 0 Å². The van der Waals surface area contributed by atoms with Gasteiger partial charge >= 0.3 is 0 Å². The summed E-state index contributed by atoms with van der Waals surface area (Å²) >= 11 is 0. The second-order valence-corrected chi connectivity index (χ2v) is 17.0. The van der Waals surface area contributed by atoms with Crippen LogP contribution in [-0.4, -0.2) is 14.5 Å². The molecule has 12 rings (SSSR count). The Bertz CT molecular complexity index is 3600. The van der Waals surface area contributed by atoms with Crippen LogP contribution >= 0.6 is 0 Å². The van der Waals surface area contributed by atoms with Crippen LogP contribution in [0.15, 0.2) is 261 Å². The number of para-hydroxylation sites is 2. The predicted octanol–water partition coefficient (Wildman–Crippen LogP) is 16.9. The highest BCUT2D eigenvalue weighted by molar-refractivity contribution is 6.14. The summed E-state index contributed by atoms with van der Waals surface area (Å²) < 4.78 is 2.29. The summed E-state index contributed by atoms with van der Waals surface area (Å²) in [6, 6.07) is 93.1. The van der Waals surface area contributed by atoms with Gasteiger partial charge in [-0.05, 0) is 133 Å². The molecule has 0 aliphatic rings. The molecule has 67 heavy (non-hydrogen) atoms. The smallest absolute Gasteiger partial charge is 0.162 e. The minimum atomic E-state index is 0.662. The number of aromatic nitrogens is 3. The zero-order valence-electron chi connectivity index (χ0n) is 36.7. The van der Waals surface area contributed by atoms with E-state index in [9.17, 15) is 0 Å². The lowest BCUT2D eigenvalue weighted by Crippen LogP contribution is -1.99. The van der Waals surface area contributed by atoms with Crippen LogP contribution in [0.1, 0.15) is 0 Å². The minimum Gasteiger partial charge on any atom is -0.294 e. The third-order valence-corrected chi connectivity index (χ3v) is 12.7. The monoisotopic (exact) mass is 853 g/mol. The first kappa shape index (κ1) is 39.7. The topological polar surface area (TPSA) is 30.7 Å². The Morgan fingerprint density at radius 1 is 0.254 bits per heavy atom. The summed E-state index contributed by atoms with van der Waals surface area (Å²) in [4.78, 5) is 11.1. The lowest BCUT2D eigenvalue weighted by Gasteiger charge is -2.14. The largest absolute Gasteiger partial charge is 0.294 e. The van der Waals surface area contributed by atoms with Gasteiger partial charge < -0.3 is 0 Å². The van der Waals surface area contributed by atoms with Gasteiger partial charge in [0.25, 0.3) is 0 Å². The maximum Gasteiger partial charge on any atom is 0.162 e. The fourth-order valence-electron chi connectivity index (χ4n) is 9.49. The number of hydrogen-bond donors (Lipinski definition) is 0. The Morgan fingerprint density at radius 3 is 1.07 bits per heavy atom. The molecule has 0 radical (unpaired) electrons. The normalized spacial score (nSPS) is 11.3. The van der Waals surface area contributed by atoms with Crippen LogP contribution in [-0.2, 0) is 0 Å². The first-order chi connectivity index (χ1) is 33.2. The van der Waals surface area contributed by atoms with Gasteiger partial charge in [-0.15, -0.1) is 0 Å². The molecule has 12 aromatic rings. The number of rotatable bonds is 9. The number of hydrogen-bond acceptors (Lipinski definition) is 2. The molecule has 2 aromatic heterocycles. The molecule has 0 aliphatic carbocycles. The van der Waals surface area contributed by atoms with E-state index in [0.717, 1.165) is 66.7 Å². The van der Waals surface area contributed by atoms with Gasteiger partial charge in [-0.2, -0.15) is 0 Å². The maximum atomic E-state index is 5.60. The average Bonchev–Trinajstić information content (AvgIpc) is 3.76. The quantitative estimate of drug-likeness (QED) is 0.145. The molecule has 0 N–H and O–H groups in total. The molecule has 0 aliphatic heterocycles. The molecule has 0 atom stereocenters. The van der Waals surface area contributed by atoms with Gasteiger partial charge in [-0.25, -0.2) is 9.97 Å². The van der Waals surface area contributed by atoms with Crippen LogP contribution in [0, 0.1) is 0 Å². The molecule has 3 nitrogen and oxygen atoms in total. The Kier molecular flexibility index (Phi) is 10.2. The van der Waals surface area contributed by atoms with Gasteiger partial charge in [0.05, 0.1) is 16.6 Å². The molecule has 0 amide bonds. The first-order valence-electron chi connectivity index (χ1n) is 22.8. The number of benzene rings is 10. The van der Waals surface area contributed by atoms with Gasteiger partial charge in [0.1, 0.15) is 5.65 Å². The highest BCUT2D eigenvalue weighted by atomic mass is 15.1. The van der Waals surface area contributed by atoms with Crippen LogP contribution in [0.4, 0.5) is 0 Å². The van der Waals surface area contributed by atoms with Gasteiger partial charge in [0, 0.05) is 22.2 Å². The minimum absolute atomic E-state index is 0.662. The summed E-state index contributed by atoms with van der Waals surface area (Å²) in [5, 5.41) is 2.12. The molecule has 0 fully saturated rings. The molecule has 0 unspecified atom stereocenters. The zero-order chi connectivity index (χ0) is 44.5. The molecule has 3 heteroatoms. The van der Waals surface area contributed by atoms with Crippen molar-refractivity contribution in [3.05, 3.63) is 261 Å². The van der Waals surface area contributed by atoms with Crippen LogP contribution in [0.3, 0.4) is 0 Å². The molecule has 10 aromatic carbocycles. The Balaban J connectivity index is 1.06. The summed E-state index contributed by atoms with van der Waals surface area (Å²) in [6.07, 6.45) is 0. The van der Waals surface area contributed by atoms with Crippen LogP contribution in [0.5, 0.6) is 0 Å². The molecular weight excluding hydrogens is 811 g/mol. The second kappa shape index (κ2) is 17.2. The van der Waals surface area contributed by atoms with Crippen molar-refractivity contribution < 1.29 is 0 Å².